The Morgan fingerprint density at radius 1 is 0.927 bits per heavy atom. The number of ether oxygens (including phenoxy) is 1. The lowest BCUT2D eigenvalue weighted by molar-refractivity contribution is -0.140. The zero-order valence-corrected chi connectivity index (χ0v) is 27.0. The molecular weight excluding hydrogens is 534 g/mol. The Balaban J connectivity index is 2.56. The Morgan fingerprint density at radius 3 is 2.12 bits per heavy atom. The van der Waals surface area contributed by atoms with Crippen molar-refractivity contribution in [2.75, 3.05) is 17.6 Å². The van der Waals surface area contributed by atoms with E-state index >= 15 is 0 Å². The van der Waals surface area contributed by atoms with Crippen molar-refractivity contribution in [1.29, 1.82) is 0 Å². The molecule has 3 amide bonds. The molecule has 2 aromatic carbocycles. The third kappa shape index (κ3) is 10.4. The molecule has 2 atom stereocenters. The number of para-hydroxylation sites is 1. The lowest BCUT2D eigenvalue weighted by atomic mass is 9.95. The number of rotatable bonds is 13. The lowest BCUT2D eigenvalue weighted by Crippen LogP contribution is -2.53. The Hall–Kier alpha value is -3.00. The molecule has 0 saturated heterocycles. The SMILES string of the molecule is CCCCCCCN(C(=O)C(CS)NC(=O)OC(C)(C)C)C(C(=O)Nc1c(C)cccc1C)c1ccc(C)cc1C. The quantitative estimate of drug-likeness (QED) is 0.172. The number of thiol groups is 1. The maximum atomic E-state index is 14.2. The van der Waals surface area contributed by atoms with Crippen LogP contribution in [0.25, 0.3) is 0 Å². The number of unbranched alkanes of at least 4 members (excludes halogenated alkanes) is 4. The Kier molecular flexibility index (Phi) is 13.2. The van der Waals surface area contributed by atoms with Crippen LogP contribution in [0.3, 0.4) is 0 Å². The molecule has 0 aliphatic heterocycles. The van der Waals surface area contributed by atoms with Crippen LogP contribution in [0.15, 0.2) is 36.4 Å². The molecule has 0 saturated carbocycles. The predicted molar refractivity (Wildman–Crippen MR) is 171 cm³/mol. The van der Waals surface area contributed by atoms with E-state index in [0.717, 1.165) is 65.6 Å². The minimum absolute atomic E-state index is 0.0581. The van der Waals surface area contributed by atoms with E-state index in [9.17, 15) is 14.4 Å². The molecule has 7 nitrogen and oxygen atoms in total. The molecule has 0 aliphatic rings. The normalized spacial score (nSPS) is 12.8. The van der Waals surface area contributed by atoms with Gasteiger partial charge in [0.1, 0.15) is 17.7 Å². The molecule has 0 heterocycles. The van der Waals surface area contributed by atoms with Gasteiger partial charge in [-0.25, -0.2) is 4.79 Å². The van der Waals surface area contributed by atoms with Gasteiger partial charge in [-0.05, 0) is 77.1 Å². The van der Waals surface area contributed by atoms with Gasteiger partial charge in [0.25, 0.3) is 5.91 Å². The number of nitrogens with one attached hydrogen (secondary N) is 2. The van der Waals surface area contributed by atoms with Gasteiger partial charge in [-0.1, -0.05) is 74.6 Å². The maximum Gasteiger partial charge on any atom is 0.408 e. The van der Waals surface area contributed by atoms with Crippen molar-refractivity contribution in [3.05, 3.63) is 64.2 Å². The Morgan fingerprint density at radius 2 is 1.56 bits per heavy atom. The van der Waals surface area contributed by atoms with Gasteiger partial charge < -0.3 is 20.3 Å². The molecule has 0 bridgehead atoms. The van der Waals surface area contributed by atoms with Gasteiger partial charge in [0.05, 0.1) is 0 Å². The second-order valence-electron chi connectivity index (χ2n) is 11.8. The summed E-state index contributed by atoms with van der Waals surface area (Å²) >= 11 is 4.40. The van der Waals surface area contributed by atoms with E-state index in [1.807, 2.05) is 64.1 Å². The first kappa shape index (κ1) is 34.2. The van der Waals surface area contributed by atoms with E-state index in [4.69, 9.17) is 4.74 Å². The zero-order valence-electron chi connectivity index (χ0n) is 26.1. The molecule has 0 radical (unpaired) electrons. The van der Waals surface area contributed by atoms with Crippen molar-refractivity contribution in [3.63, 3.8) is 0 Å². The summed E-state index contributed by atoms with van der Waals surface area (Å²) in [6.45, 7) is 15.7. The lowest BCUT2D eigenvalue weighted by Gasteiger charge is -2.35. The molecule has 2 unspecified atom stereocenters. The molecule has 2 N–H and O–H groups in total. The molecule has 41 heavy (non-hydrogen) atoms. The van der Waals surface area contributed by atoms with Gasteiger partial charge in [-0.2, -0.15) is 12.6 Å². The van der Waals surface area contributed by atoms with Crippen molar-refractivity contribution in [2.24, 2.45) is 0 Å². The van der Waals surface area contributed by atoms with Gasteiger partial charge in [0.15, 0.2) is 0 Å². The number of alkyl carbamates (subject to hydrolysis) is 1. The Labute approximate surface area is 252 Å². The number of anilines is 1. The fourth-order valence-electron chi connectivity index (χ4n) is 4.87. The standard InChI is InChI=1S/C33H49N3O4S/c1-9-10-11-12-13-19-36(31(38)27(21-41)34-32(39)40-33(6,7)8)29(26-18-17-22(2)20-25(26)5)30(37)35-28-23(3)15-14-16-24(28)4/h14-18,20,27,29,41H,9-13,19,21H2,1-8H3,(H,34,39)(H,35,37). The van der Waals surface area contributed by atoms with Crippen LogP contribution in [0, 0.1) is 27.7 Å². The first-order chi connectivity index (χ1) is 19.3. The molecule has 2 rings (SSSR count). The van der Waals surface area contributed by atoms with Crippen molar-refractivity contribution in [3.8, 4) is 0 Å². The van der Waals surface area contributed by atoms with Crippen LogP contribution in [-0.4, -0.2) is 46.7 Å². The summed E-state index contributed by atoms with van der Waals surface area (Å²) in [4.78, 5) is 42.7. The third-order valence-corrected chi connectivity index (χ3v) is 7.33. The van der Waals surface area contributed by atoms with E-state index < -0.39 is 23.8 Å². The molecule has 0 spiro atoms. The summed E-state index contributed by atoms with van der Waals surface area (Å²) in [5.41, 5.74) is 4.62. The summed E-state index contributed by atoms with van der Waals surface area (Å²) in [7, 11) is 0. The fourth-order valence-corrected chi connectivity index (χ4v) is 5.12. The summed E-state index contributed by atoms with van der Waals surface area (Å²) in [6.07, 6.45) is 4.23. The average Bonchev–Trinajstić information content (AvgIpc) is 2.88. The number of aryl methyl sites for hydroxylation is 4. The van der Waals surface area contributed by atoms with E-state index in [1.165, 1.54) is 0 Å². The molecule has 2 aromatic rings. The number of hydrogen-bond donors (Lipinski definition) is 3. The van der Waals surface area contributed by atoms with E-state index in [-0.39, 0.29) is 17.6 Å². The largest absolute Gasteiger partial charge is 0.444 e. The summed E-state index contributed by atoms with van der Waals surface area (Å²) in [5.74, 6) is -0.614. The van der Waals surface area contributed by atoms with Crippen LogP contribution in [0.4, 0.5) is 10.5 Å². The number of nitrogens with zero attached hydrogens (tertiary/aromatic N) is 1. The molecule has 0 fully saturated rings. The van der Waals surface area contributed by atoms with Crippen molar-refractivity contribution >= 4 is 36.2 Å². The first-order valence-corrected chi connectivity index (χ1v) is 15.3. The minimum Gasteiger partial charge on any atom is -0.444 e. The highest BCUT2D eigenvalue weighted by molar-refractivity contribution is 7.80. The second-order valence-corrected chi connectivity index (χ2v) is 12.2. The zero-order chi connectivity index (χ0) is 30.7. The van der Waals surface area contributed by atoms with Crippen LogP contribution in [0.1, 0.15) is 93.7 Å². The molecule has 8 heteroatoms. The monoisotopic (exact) mass is 583 g/mol. The minimum atomic E-state index is -0.968. The summed E-state index contributed by atoms with van der Waals surface area (Å²) in [5, 5.41) is 5.82. The van der Waals surface area contributed by atoms with Gasteiger partial charge in [-0.3, -0.25) is 9.59 Å². The van der Waals surface area contributed by atoms with Crippen molar-refractivity contribution < 1.29 is 19.1 Å². The third-order valence-electron chi connectivity index (χ3n) is 6.97. The van der Waals surface area contributed by atoms with Crippen molar-refractivity contribution in [1.82, 2.24) is 10.2 Å². The van der Waals surface area contributed by atoms with E-state index in [0.29, 0.717) is 6.54 Å². The molecular formula is C33H49N3O4S. The van der Waals surface area contributed by atoms with Gasteiger partial charge in [0.2, 0.25) is 5.91 Å². The number of carbonyl (C=O) groups excluding carboxylic acids is 3. The van der Waals surface area contributed by atoms with Crippen LogP contribution in [-0.2, 0) is 14.3 Å². The highest BCUT2D eigenvalue weighted by atomic mass is 32.1. The molecule has 0 aliphatic carbocycles. The second kappa shape index (κ2) is 15.9. The number of hydrogen-bond acceptors (Lipinski definition) is 5. The number of benzene rings is 2. The van der Waals surface area contributed by atoms with E-state index in [1.54, 1.807) is 25.7 Å². The molecule has 226 valence electrons. The summed E-state index contributed by atoms with van der Waals surface area (Å²) < 4.78 is 5.42. The predicted octanol–water partition coefficient (Wildman–Crippen LogP) is 7.22. The Bertz CT molecular complexity index is 1170. The van der Waals surface area contributed by atoms with Crippen LogP contribution >= 0.6 is 12.6 Å². The molecule has 0 aromatic heterocycles. The fraction of sp³-hybridized carbons (Fsp3) is 0.545. The maximum absolute atomic E-state index is 14.2. The van der Waals surface area contributed by atoms with Gasteiger partial charge in [-0.15, -0.1) is 0 Å². The topological polar surface area (TPSA) is 87.7 Å². The van der Waals surface area contributed by atoms with Gasteiger partial charge in [0, 0.05) is 18.0 Å². The first-order valence-electron chi connectivity index (χ1n) is 14.6. The average molecular weight is 584 g/mol. The van der Waals surface area contributed by atoms with Gasteiger partial charge >= 0.3 is 6.09 Å². The number of carbonyl (C=O) groups is 3. The smallest absolute Gasteiger partial charge is 0.408 e. The highest BCUT2D eigenvalue weighted by Crippen LogP contribution is 2.30. The number of amides is 3. The summed E-state index contributed by atoms with van der Waals surface area (Å²) in [6, 6.07) is 9.89. The van der Waals surface area contributed by atoms with Crippen LogP contribution in [0.2, 0.25) is 0 Å². The van der Waals surface area contributed by atoms with Crippen LogP contribution in [0.5, 0.6) is 0 Å². The van der Waals surface area contributed by atoms with E-state index in [2.05, 4.69) is 30.2 Å². The van der Waals surface area contributed by atoms with Crippen LogP contribution < -0.4 is 10.6 Å². The van der Waals surface area contributed by atoms with Crippen molar-refractivity contribution in [2.45, 2.75) is 105 Å². The highest BCUT2D eigenvalue weighted by Gasteiger charge is 2.36.